The molecule has 0 spiro atoms. The van der Waals surface area contributed by atoms with Crippen molar-refractivity contribution in [2.75, 3.05) is 6.54 Å². The van der Waals surface area contributed by atoms with E-state index in [1.807, 2.05) is 0 Å². The highest BCUT2D eigenvalue weighted by atomic mass is 19.1. The highest BCUT2D eigenvalue weighted by Crippen LogP contribution is 2.15. The molecular weight excluding hydrogens is 121 g/mol. The van der Waals surface area contributed by atoms with Crippen LogP contribution in [0, 0.1) is 0 Å². The van der Waals surface area contributed by atoms with Gasteiger partial charge in [0.25, 0.3) is 0 Å². The SMILES string of the molecule is CC(C)(F)CC(O)CN. The van der Waals surface area contributed by atoms with E-state index in [-0.39, 0.29) is 13.0 Å². The molecule has 0 aromatic heterocycles. The molecule has 0 aromatic carbocycles. The van der Waals surface area contributed by atoms with Crippen LogP contribution in [-0.2, 0) is 0 Å². The number of aliphatic hydroxyl groups is 1. The Balaban J connectivity index is 3.47. The van der Waals surface area contributed by atoms with Crippen LogP contribution in [0.15, 0.2) is 0 Å². The van der Waals surface area contributed by atoms with Gasteiger partial charge in [0.1, 0.15) is 5.67 Å². The molecule has 0 aromatic rings. The van der Waals surface area contributed by atoms with Gasteiger partial charge in [-0.2, -0.15) is 0 Å². The minimum atomic E-state index is -1.31. The maximum Gasteiger partial charge on any atom is 0.108 e. The first-order valence-electron chi connectivity index (χ1n) is 3.03. The minimum absolute atomic E-state index is 0.115. The molecule has 0 heterocycles. The average Bonchev–Trinajstić information content (AvgIpc) is 1.62. The van der Waals surface area contributed by atoms with E-state index in [9.17, 15) is 4.39 Å². The molecule has 0 bridgehead atoms. The second-order valence-corrected chi connectivity index (χ2v) is 2.81. The van der Waals surface area contributed by atoms with Gasteiger partial charge in [-0.05, 0) is 13.8 Å². The summed E-state index contributed by atoms with van der Waals surface area (Å²) in [5.41, 5.74) is 3.76. The third-order valence-electron chi connectivity index (χ3n) is 0.993. The molecule has 0 aliphatic rings. The van der Waals surface area contributed by atoms with Crippen molar-refractivity contribution in [1.29, 1.82) is 0 Å². The van der Waals surface area contributed by atoms with Crippen LogP contribution in [0.4, 0.5) is 4.39 Å². The van der Waals surface area contributed by atoms with Crippen LogP contribution in [-0.4, -0.2) is 23.4 Å². The summed E-state index contributed by atoms with van der Waals surface area (Å²) >= 11 is 0. The monoisotopic (exact) mass is 135 g/mol. The van der Waals surface area contributed by atoms with Crippen molar-refractivity contribution in [3.05, 3.63) is 0 Å². The fraction of sp³-hybridized carbons (Fsp3) is 1.00. The maximum absolute atomic E-state index is 12.6. The molecule has 1 unspecified atom stereocenters. The lowest BCUT2D eigenvalue weighted by molar-refractivity contribution is 0.0910. The molecule has 3 N–H and O–H groups in total. The number of nitrogens with two attached hydrogens (primary N) is 1. The van der Waals surface area contributed by atoms with Gasteiger partial charge in [0.2, 0.25) is 0 Å². The van der Waals surface area contributed by atoms with E-state index in [1.165, 1.54) is 13.8 Å². The van der Waals surface area contributed by atoms with E-state index in [2.05, 4.69) is 0 Å². The molecule has 2 nitrogen and oxygen atoms in total. The third kappa shape index (κ3) is 5.73. The third-order valence-corrected chi connectivity index (χ3v) is 0.993. The normalized spacial score (nSPS) is 15.7. The van der Waals surface area contributed by atoms with E-state index in [4.69, 9.17) is 10.8 Å². The number of hydrogen-bond acceptors (Lipinski definition) is 2. The molecule has 0 aliphatic heterocycles. The summed E-state index contributed by atoms with van der Waals surface area (Å²) < 4.78 is 12.6. The van der Waals surface area contributed by atoms with Crippen molar-refractivity contribution in [2.45, 2.75) is 32.0 Å². The summed E-state index contributed by atoms with van der Waals surface area (Å²) in [6, 6.07) is 0. The van der Waals surface area contributed by atoms with Gasteiger partial charge in [-0.25, -0.2) is 4.39 Å². The molecule has 0 rings (SSSR count). The standard InChI is InChI=1S/C6H14FNO/c1-6(2,7)3-5(9)4-8/h5,9H,3-4,8H2,1-2H3. The summed E-state index contributed by atoms with van der Waals surface area (Å²) in [7, 11) is 0. The van der Waals surface area contributed by atoms with Crippen LogP contribution in [0.5, 0.6) is 0 Å². The Labute approximate surface area is 54.9 Å². The molecule has 0 saturated heterocycles. The van der Waals surface area contributed by atoms with Crippen LogP contribution < -0.4 is 5.73 Å². The van der Waals surface area contributed by atoms with Gasteiger partial charge in [0, 0.05) is 13.0 Å². The lowest BCUT2D eigenvalue weighted by atomic mass is 10.0. The molecular formula is C6H14FNO. The first-order valence-corrected chi connectivity index (χ1v) is 3.03. The Hall–Kier alpha value is -0.150. The van der Waals surface area contributed by atoms with Gasteiger partial charge in [0.05, 0.1) is 6.10 Å². The largest absolute Gasteiger partial charge is 0.392 e. The van der Waals surface area contributed by atoms with Gasteiger partial charge >= 0.3 is 0 Å². The van der Waals surface area contributed by atoms with Crippen molar-refractivity contribution in [1.82, 2.24) is 0 Å². The number of rotatable bonds is 3. The molecule has 0 fully saturated rings. The highest BCUT2D eigenvalue weighted by molar-refractivity contribution is 4.71. The van der Waals surface area contributed by atoms with E-state index < -0.39 is 11.8 Å². The summed E-state index contributed by atoms with van der Waals surface area (Å²) in [6.45, 7) is 2.98. The smallest absolute Gasteiger partial charge is 0.108 e. The summed E-state index contributed by atoms with van der Waals surface area (Å²) in [6.07, 6.45) is -0.589. The van der Waals surface area contributed by atoms with Crippen molar-refractivity contribution >= 4 is 0 Å². The minimum Gasteiger partial charge on any atom is -0.392 e. The zero-order valence-electron chi connectivity index (χ0n) is 5.89. The Kier molecular flexibility index (Phi) is 3.08. The zero-order valence-corrected chi connectivity index (χ0v) is 5.89. The van der Waals surface area contributed by atoms with Crippen molar-refractivity contribution in [3.8, 4) is 0 Å². The number of hydrogen-bond donors (Lipinski definition) is 2. The maximum atomic E-state index is 12.6. The second-order valence-electron chi connectivity index (χ2n) is 2.81. The second kappa shape index (κ2) is 3.13. The van der Waals surface area contributed by atoms with Gasteiger partial charge in [-0.1, -0.05) is 0 Å². The Morgan fingerprint density at radius 2 is 2.11 bits per heavy atom. The van der Waals surface area contributed by atoms with Crippen molar-refractivity contribution in [3.63, 3.8) is 0 Å². The summed E-state index contributed by atoms with van der Waals surface area (Å²) in [4.78, 5) is 0. The molecule has 1 atom stereocenters. The predicted molar refractivity (Wildman–Crippen MR) is 34.9 cm³/mol. The van der Waals surface area contributed by atoms with Crippen molar-refractivity contribution in [2.24, 2.45) is 5.73 Å². The van der Waals surface area contributed by atoms with Gasteiger partial charge in [-0.3, -0.25) is 0 Å². The molecule has 0 saturated carbocycles. The quantitative estimate of drug-likeness (QED) is 0.590. The van der Waals surface area contributed by atoms with E-state index in [0.29, 0.717) is 0 Å². The van der Waals surface area contributed by atoms with Gasteiger partial charge in [0.15, 0.2) is 0 Å². The fourth-order valence-electron chi connectivity index (χ4n) is 0.644. The fourth-order valence-corrected chi connectivity index (χ4v) is 0.644. The Morgan fingerprint density at radius 1 is 1.67 bits per heavy atom. The number of alkyl halides is 1. The topological polar surface area (TPSA) is 46.2 Å². The van der Waals surface area contributed by atoms with Crippen LogP contribution in [0.25, 0.3) is 0 Å². The summed E-state index contributed by atoms with van der Waals surface area (Å²) in [5.74, 6) is 0. The average molecular weight is 135 g/mol. The van der Waals surface area contributed by atoms with Crippen LogP contribution >= 0.6 is 0 Å². The molecule has 0 aliphatic carbocycles. The van der Waals surface area contributed by atoms with Gasteiger partial charge < -0.3 is 10.8 Å². The first-order chi connectivity index (χ1) is 3.95. The summed E-state index contributed by atoms with van der Waals surface area (Å²) in [5, 5.41) is 8.83. The van der Waals surface area contributed by atoms with E-state index >= 15 is 0 Å². The molecule has 56 valence electrons. The Morgan fingerprint density at radius 3 is 2.22 bits per heavy atom. The number of aliphatic hydroxyl groups excluding tert-OH is 1. The van der Waals surface area contributed by atoms with E-state index in [1.54, 1.807) is 0 Å². The molecule has 0 radical (unpaired) electrons. The highest BCUT2D eigenvalue weighted by Gasteiger charge is 2.19. The van der Waals surface area contributed by atoms with Crippen molar-refractivity contribution < 1.29 is 9.50 Å². The number of halogens is 1. The van der Waals surface area contributed by atoms with Gasteiger partial charge in [-0.15, -0.1) is 0 Å². The van der Waals surface area contributed by atoms with Crippen LogP contribution in [0.3, 0.4) is 0 Å². The van der Waals surface area contributed by atoms with E-state index in [0.717, 1.165) is 0 Å². The van der Waals surface area contributed by atoms with Crippen LogP contribution in [0.2, 0.25) is 0 Å². The molecule has 0 amide bonds. The lowest BCUT2D eigenvalue weighted by Crippen LogP contribution is -2.27. The first kappa shape index (κ1) is 8.85. The Bertz CT molecular complexity index is 79.6. The predicted octanol–water partition coefficient (Wildman–Crippen LogP) is 0.444. The van der Waals surface area contributed by atoms with Crippen LogP contribution in [0.1, 0.15) is 20.3 Å². The lowest BCUT2D eigenvalue weighted by Gasteiger charge is -2.16. The zero-order chi connectivity index (χ0) is 7.49. The molecule has 3 heteroatoms. The molecule has 9 heavy (non-hydrogen) atoms.